The van der Waals surface area contributed by atoms with Crippen LogP contribution in [0.25, 0.3) is 4.96 Å². The Morgan fingerprint density at radius 2 is 1.82 bits per heavy atom. The molecule has 150 valence electrons. The zero-order chi connectivity index (χ0) is 19.1. The SMILES string of the molecule is O=C(CN1CCN(Cc2cc(=O)n3ccsc3n2)CC1)NC(C1CC1)C1CC1. The molecule has 2 saturated carbocycles. The third-order valence-corrected chi connectivity index (χ3v) is 6.92. The van der Waals surface area contributed by atoms with E-state index in [2.05, 4.69) is 20.1 Å². The summed E-state index contributed by atoms with van der Waals surface area (Å²) in [5, 5.41) is 5.20. The van der Waals surface area contributed by atoms with Gasteiger partial charge in [0.25, 0.3) is 5.56 Å². The van der Waals surface area contributed by atoms with Crippen molar-refractivity contribution in [2.75, 3.05) is 32.7 Å². The Labute approximate surface area is 168 Å². The molecule has 2 aliphatic carbocycles. The molecule has 5 rings (SSSR count). The minimum absolute atomic E-state index is 0.0163. The maximum atomic E-state index is 12.5. The second-order valence-corrected chi connectivity index (χ2v) is 9.33. The molecule has 28 heavy (non-hydrogen) atoms. The summed E-state index contributed by atoms with van der Waals surface area (Å²) < 4.78 is 1.58. The number of hydrogen-bond donors (Lipinski definition) is 1. The van der Waals surface area contributed by atoms with Gasteiger partial charge >= 0.3 is 0 Å². The number of rotatable bonds is 7. The summed E-state index contributed by atoms with van der Waals surface area (Å²) in [6, 6.07) is 2.07. The smallest absolute Gasteiger partial charge is 0.258 e. The van der Waals surface area contributed by atoms with E-state index in [1.165, 1.54) is 37.0 Å². The van der Waals surface area contributed by atoms with E-state index in [9.17, 15) is 9.59 Å². The minimum Gasteiger partial charge on any atom is -0.352 e. The second-order valence-electron chi connectivity index (χ2n) is 8.46. The van der Waals surface area contributed by atoms with Crippen LogP contribution < -0.4 is 10.9 Å². The maximum absolute atomic E-state index is 12.5. The molecular formula is C20H27N5O2S. The van der Waals surface area contributed by atoms with Gasteiger partial charge in [-0.05, 0) is 37.5 Å². The molecule has 0 aromatic carbocycles. The number of aromatic nitrogens is 2. The van der Waals surface area contributed by atoms with Crippen molar-refractivity contribution in [3.63, 3.8) is 0 Å². The summed E-state index contributed by atoms with van der Waals surface area (Å²) >= 11 is 1.48. The Morgan fingerprint density at radius 1 is 1.14 bits per heavy atom. The van der Waals surface area contributed by atoms with Crippen LogP contribution in [0, 0.1) is 11.8 Å². The highest BCUT2D eigenvalue weighted by Crippen LogP contribution is 2.44. The molecule has 1 aliphatic heterocycles. The lowest BCUT2D eigenvalue weighted by Gasteiger charge is -2.34. The number of carbonyl (C=O) groups excluding carboxylic acids is 1. The van der Waals surface area contributed by atoms with Gasteiger partial charge in [0, 0.05) is 56.4 Å². The van der Waals surface area contributed by atoms with Crippen LogP contribution in [0.1, 0.15) is 31.4 Å². The Hall–Kier alpha value is -1.77. The van der Waals surface area contributed by atoms with E-state index in [-0.39, 0.29) is 11.5 Å². The molecule has 8 heteroatoms. The lowest BCUT2D eigenvalue weighted by atomic mass is 10.1. The molecule has 1 N–H and O–H groups in total. The van der Waals surface area contributed by atoms with Crippen molar-refractivity contribution >= 4 is 22.2 Å². The largest absolute Gasteiger partial charge is 0.352 e. The molecule has 0 unspecified atom stereocenters. The second kappa shape index (κ2) is 7.57. The van der Waals surface area contributed by atoms with E-state index < -0.39 is 0 Å². The van der Waals surface area contributed by atoms with Crippen molar-refractivity contribution in [2.24, 2.45) is 11.8 Å². The van der Waals surface area contributed by atoms with Gasteiger partial charge in [-0.1, -0.05) is 0 Å². The van der Waals surface area contributed by atoms with Crippen LogP contribution in [-0.4, -0.2) is 63.9 Å². The van der Waals surface area contributed by atoms with Crippen molar-refractivity contribution < 1.29 is 4.79 Å². The van der Waals surface area contributed by atoms with Crippen molar-refractivity contribution in [2.45, 2.75) is 38.3 Å². The number of amides is 1. The van der Waals surface area contributed by atoms with E-state index in [0.29, 0.717) is 19.1 Å². The highest BCUT2D eigenvalue weighted by molar-refractivity contribution is 7.15. The fourth-order valence-corrected chi connectivity index (χ4v) is 5.01. The fraction of sp³-hybridized carbons (Fsp3) is 0.650. The normalized spacial score (nSPS) is 21.5. The van der Waals surface area contributed by atoms with Gasteiger partial charge in [-0.15, -0.1) is 11.3 Å². The van der Waals surface area contributed by atoms with Crippen LogP contribution in [0.15, 0.2) is 22.4 Å². The van der Waals surface area contributed by atoms with Gasteiger partial charge in [-0.3, -0.25) is 23.8 Å². The average molecular weight is 402 g/mol. The van der Waals surface area contributed by atoms with Crippen LogP contribution in [0.4, 0.5) is 0 Å². The molecule has 1 amide bonds. The molecule has 2 aromatic rings. The third-order valence-electron chi connectivity index (χ3n) is 6.16. The van der Waals surface area contributed by atoms with E-state index in [0.717, 1.165) is 48.7 Å². The standard InChI is InChI=1S/C20H27N5O2S/c26-17(22-19(14-1-2-14)15-3-4-15)13-24-7-5-23(6-8-24)12-16-11-18(27)25-9-10-28-20(25)21-16/h9-11,14-15,19H,1-8,12-13H2,(H,22,26). The van der Waals surface area contributed by atoms with E-state index in [1.54, 1.807) is 16.7 Å². The summed E-state index contributed by atoms with van der Waals surface area (Å²) in [6.07, 6.45) is 6.91. The number of nitrogens with one attached hydrogen (secondary N) is 1. The quantitative estimate of drug-likeness (QED) is 0.755. The monoisotopic (exact) mass is 401 g/mol. The molecule has 3 aliphatic rings. The molecule has 3 heterocycles. The lowest BCUT2D eigenvalue weighted by molar-refractivity contribution is -0.123. The van der Waals surface area contributed by atoms with Crippen LogP contribution in [0.3, 0.4) is 0 Å². The maximum Gasteiger partial charge on any atom is 0.258 e. The van der Waals surface area contributed by atoms with Crippen molar-refractivity contribution in [3.05, 3.63) is 33.7 Å². The fourth-order valence-electron chi connectivity index (χ4n) is 4.27. The zero-order valence-corrected chi connectivity index (χ0v) is 16.9. The van der Waals surface area contributed by atoms with E-state index >= 15 is 0 Å². The number of nitrogens with zero attached hydrogens (tertiary/aromatic N) is 4. The zero-order valence-electron chi connectivity index (χ0n) is 16.0. The van der Waals surface area contributed by atoms with Crippen LogP contribution in [0.5, 0.6) is 0 Å². The molecule has 0 radical (unpaired) electrons. The molecule has 7 nitrogen and oxygen atoms in total. The Balaban J connectivity index is 1.11. The molecule has 0 atom stereocenters. The summed E-state index contributed by atoms with van der Waals surface area (Å²) in [7, 11) is 0. The van der Waals surface area contributed by atoms with E-state index in [4.69, 9.17) is 0 Å². The number of piperazine rings is 1. The lowest BCUT2D eigenvalue weighted by Crippen LogP contribution is -2.50. The van der Waals surface area contributed by atoms with Crippen LogP contribution in [0.2, 0.25) is 0 Å². The van der Waals surface area contributed by atoms with Crippen LogP contribution in [-0.2, 0) is 11.3 Å². The first-order chi connectivity index (χ1) is 13.7. The first-order valence-corrected chi connectivity index (χ1v) is 11.2. The Morgan fingerprint density at radius 3 is 2.50 bits per heavy atom. The van der Waals surface area contributed by atoms with Gasteiger partial charge in [0.2, 0.25) is 5.91 Å². The van der Waals surface area contributed by atoms with Gasteiger partial charge < -0.3 is 5.32 Å². The molecule has 1 saturated heterocycles. The highest BCUT2D eigenvalue weighted by Gasteiger charge is 2.42. The first-order valence-electron chi connectivity index (χ1n) is 10.4. The topological polar surface area (TPSA) is 70.0 Å². The summed E-state index contributed by atoms with van der Waals surface area (Å²) in [5.41, 5.74) is 0.813. The Bertz CT molecular complexity index is 897. The number of carbonyl (C=O) groups is 1. The number of fused-ring (bicyclic) bond motifs is 1. The van der Waals surface area contributed by atoms with E-state index in [1.807, 2.05) is 5.38 Å². The van der Waals surface area contributed by atoms with Gasteiger partial charge in [0.15, 0.2) is 4.96 Å². The molecule has 3 fully saturated rings. The summed E-state index contributed by atoms with van der Waals surface area (Å²) in [6.45, 7) is 4.75. The van der Waals surface area contributed by atoms with Crippen molar-refractivity contribution in [3.8, 4) is 0 Å². The number of thiazole rings is 1. The van der Waals surface area contributed by atoms with Gasteiger partial charge in [-0.25, -0.2) is 4.98 Å². The summed E-state index contributed by atoms with van der Waals surface area (Å²) in [4.78, 5) is 34.5. The third kappa shape index (κ3) is 4.14. The minimum atomic E-state index is -0.0163. The average Bonchev–Trinajstić information content (AvgIpc) is 3.60. The van der Waals surface area contributed by atoms with Gasteiger partial charge in [-0.2, -0.15) is 0 Å². The van der Waals surface area contributed by atoms with Crippen LogP contribution >= 0.6 is 11.3 Å². The van der Waals surface area contributed by atoms with Gasteiger partial charge in [0.1, 0.15) is 0 Å². The molecular weight excluding hydrogens is 374 g/mol. The molecule has 0 spiro atoms. The molecule has 0 bridgehead atoms. The predicted octanol–water partition coefficient (Wildman–Crippen LogP) is 1.18. The number of hydrogen-bond acceptors (Lipinski definition) is 6. The predicted molar refractivity (Wildman–Crippen MR) is 108 cm³/mol. The molecule has 2 aromatic heterocycles. The van der Waals surface area contributed by atoms with Gasteiger partial charge in [0.05, 0.1) is 12.2 Å². The summed E-state index contributed by atoms with van der Waals surface area (Å²) in [5.74, 6) is 1.67. The van der Waals surface area contributed by atoms with Crippen molar-refractivity contribution in [1.82, 2.24) is 24.5 Å². The first kappa shape index (κ1) is 18.3. The highest BCUT2D eigenvalue weighted by atomic mass is 32.1. The Kier molecular flexibility index (Phi) is 4.94. The van der Waals surface area contributed by atoms with Crippen molar-refractivity contribution in [1.29, 1.82) is 0 Å².